The molecule has 0 aromatic carbocycles. The first-order valence-electron chi connectivity index (χ1n) is 6.69. The molecule has 20 heavy (non-hydrogen) atoms. The first kappa shape index (κ1) is 14.5. The normalized spacial score (nSPS) is 19.1. The number of ether oxygens (including phenoxy) is 1. The summed E-state index contributed by atoms with van der Waals surface area (Å²) in [7, 11) is 0. The lowest BCUT2D eigenvalue weighted by Crippen LogP contribution is -2.44. The van der Waals surface area contributed by atoms with Crippen LogP contribution in [0.15, 0.2) is 9.59 Å². The van der Waals surface area contributed by atoms with Crippen LogP contribution in [0.1, 0.15) is 24.6 Å². The second-order valence-corrected chi connectivity index (χ2v) is 5.03. The van der Waals surface area contributed by atoms with E-state index in [1.54, 1.807) is 11.8 Å². The Hall–Kier alpha value is -1.89. The van der Waals surface area contributed by atoms with Crippen LogP contribution in [0, 0.1) is 6.92 Å². The van der Waals surface area contributed by atoms with Crippen LogP contribution in [0.25, 0.3) is 0 Å². The van der Waals surface area contributed by atoms with E-state index in [4.69, 9.17) is 4.74 Å². The molecule has 1 saturated heterocycles. The Morgan fingerprint density at radius 1 is 1.40 bits per heavy atom. The van der Waals surface area contributed by atoms with E-state index < -0.39 is 11.2 Å². The summed E-state index contributed by atoms with van der Waals surface area (Å²) < 4.78 is 5.38. The second-order valence-electron chi connectivity index (χ2n) is 5.03. The Balaban J connectivity index is 2.00. The van der Waals surface area contributed by atoms with Crippen LogP contribution in [-0.4, -0.2) is 46.6 Å². The SMILES string of the molecule is Cc1[nH]c(=O)[nH]c(=O)c1CCC(=O)N1CCO[C@@H](C)C1. The molecule has 2 rings (SSSR count). The second kappa shape index (κ2) is 6.04. The molecule has 1 aromatic rings. The Morgan fingerprint density at radius 2 is 2.15 bits per heavy atom. The van der Waals surface area contributed by atoms with Crippen molar-refractivity contribution in [2.24, 2.45) is 0 Å². The first-order chi connectivity index (χ1) is 9.47. The van der Waals surface area contributed by atoms with E-state index in [-0.39, 0.29) is 18.4 Å². The number of aryl methyl sites for hydroxylation is 1. The minimum Gasteiger partial charge on any atom is -0.375 e. The maximum absolute atomic E-state index is 12.1. The van der Waals surface area contributed by atoms with Crippen LogP contribution in [-0.2, 0) is 16.0 Å². The summed E-state index contributed by atoms with van der Waals surface area (Å²) >= 11 is 0. The molecule has 1 aromatic heterocycles. The highest BCUT2D eigenvalue weighted by Crippen LogP contribution is 2.08. The van der Waals surface area contributed by atoms with Gasteiger partial charge in [-0.25, -0.2) is 4.79 Å². The number of hydrogen-bond acceptors (Lipinski definition) is 4. The van der Waals surface area contributed by atoms with Crippen LogP contribution in [0.3, 0.4) is 0 Å². The summed E-state index contributed by atoms with van der Waals surface area (Å²) in [5.74, 6) is 0.00477. The van der Waals surface area contributed by atoms with Crippen molar-refractivity contribution in [1.82, 2.24) is 14.9 Å². The summed E-state index contributed by atoms with van der Waals surface area (Å²) in [6, 6.07) is 0. The number of aromatic amines is 2. The zero-order valence-corrected chi connectivity index (χ0v) is 11.7. The molecular formula is C13H19N3O4. The number of H-pyrrole nitrogens is 2. The molecular weight excluding hydrogens is 262 g/mol. The maximum atomic E-state index is 12.1. The fourth-order valence-electron chi connectivity index (χ4n) is 2.36. The molecule has 1 fully saturated rings. The quantitative estimate of drug-likeness (QED) is 0.784. The molecule has 1 amide bonds. The molecule has 7 nitrogen and oxygen atoms in total. The molecule has 0 unspecified atom stereocenters. The smallest absolute Gasteiger partial charge is 0.325 e. The lowest BCUT2D eigenvalue weighted by Gasteiger charge is -2.31. The number of morpholine rings is 1. The predicted octanol–water partition coefficient (Wildman–Crippen LogP) is -0.448. The van der Waals surface area contributed by atoms with Gasteiger partial charge in [0.2, 0.25) is 5.91 Å². The fourth-order valence-corrected chi connectivity index (χ4v) is 2.36. The van der Waals surface area contributed by atoms with Crippen LogP contribution in [0.4, 0.5) is 0 Å². The van der Waals surface area contributed by atoms with Gasteiger partial charge in [0.25, 0.3) is 5.56 Å². The van der Waals surface area contributed by atoms with Crippen LogP contribution in [0.5, 0.6) is 0 Å². The molecule has 0 saturated carbocycles. The minimum absolute atomic E-state index is 0.00477. The van der Waals surface area contributed by atoms with Gasteiger partial charge in [-0.2, -0.15) is 0 Å². The maximum Gasteiger partial charge on any atom is 0.325 e. The number of nitrogens with zero attached hydrogens (tertiary/aromatic N) is 1. The van der Waals surface area contributed by atoms with Crippen molar-refractivity contribution in [3.8, 4) is 0 Å². The van der Waals surface area contributed by atoms with Crippen LogP contribution >= 0.6 is 0 Å². The topological polar surface area (TPSA) is 95.3 Å². The monoisotopic (exact) mass is 281 g/mol. The van der Waals surface area contributed by atoms with Gasteiger partial charge in [0, 0.05) is 30.8 Å². The van der Waals surface area contributed by atoms with Crippen LogP contribution in [0.2, 0.25) is 0 Å². The van der Waals surface area contributed by atoms with Gasteiger partial charge < -0.3 is 14.6 Å². The van der Waals surface area contributed by atoms with E-state index in [1.807, 2.05) is 6.92 Å². The van der Waals surface area contributed by atoms with E-state index in [9.17, 15) is 14.4 Å². The Morgan fingerprint density at radius 3 is 2.80 bits per heavy atom. The summed E-state index contributed by atoms with van der Waals surface area (Å²) in [4.78, 5) is 41.3. The Labute approximate surface area is 116 Å². The van der Waals surface area contributed by atoms with Crippen molar-refractivity contribution in [3.05, 3.63) is 32.1 Å². The third-order valence-electron chi connectivity index (χ3n) is 3.44. The molecule has 2 N–H and O–H groups in total. The van der Waals surface area contributed by atoms with Gasteiger partial charge >= 0.3 is 5.69 Å². The zero-order chi connectivity index (χ0) is 14.7. The van der Waals surface area contributed by atoms with Crippen molar-refractivity contribution in [2.45, 2.75) is 32.8 Å². The highest BCUT2D eigenvalue weighted by molar-refractivity contribution is 5.76. The highest BCUT2D eigenvalue weighted by atomic mass is 16.5. The standard InChI is InChI=1S/C13H19N3O4/c1-8-7-16(5-6-20-8)11(17)4-3-10-9(2)14-13(19)15-12(10)18/h8H,3-7H2,1-2H3,(H2,14,15,18,19)/t8-/m0/s1. The van der Waals surface area contributed by atoms with Crippen molar-refractivity contribution in [3.63, 3.8) is 0 Å². The van der Waals surface area contributed by atoms with Crippen molar-refractivity contribution < 1.29 is 9.53 Å². The average Bonchev–Trinajstić information content (AvgIpc) is 2.37. The van der Waals surface area contributed by atoms with E-state index in [0.29, 0.717) is 37.4 Å². The van der Waals surface area contributed by atoms with E-state index in [2.05, 4.69) is 9.97 Å². The van der Waals surface area contributed by atoms with Gasteiger partial charge in [-0.15, -0.1) is 0 Å². The zero-order valence-electron chi connectivity index (χ0n) is 11.7. The summed E-state index contributed by atoms with van der Waals surface area (Å²) in [6.07, 6.45) is 0.622. The summed E-state index contributed by atoms with van der Waals surface area (Å²) in [5.41, 5.74) is 0.0279. The van der Waals surface area contributed by atoms with Crippen molar-refractivity contribution in [2.75, 3.05) is 19.7 Å². The van der Waals surface area contributed by atoms with Gasteiger partial charge in [0.1, 0.15) is 0 Å². The molecule has 0 aliphatic carbocycles. The fraction of sp³-hybridized carbons (Fsp3) is 0.615. The molecule has 0 bridgehead atoms. The molecule has 110 valence electrons. The van der Waals surface area contributed by atoms with Gasteiger partial charge in [-0.05, 0) is 20.3 Å². The first-order valence-corrected chi connectivity index (χ1v) is 6.69. The van der Waals surface area contributed by atoms with Gasteiger partial charge in [-0.1, -0.05) is 0 Å². The molecule has 1 aliphatic rings. The van der Waals surface area contributed by atoms with E-state index in [1.165, 1.54) is 0 Å². The number of nitrogens with one attached hydrogen (secondary N) is 2. The Kier molecular flexibility index (Phi) is 4.39. The van der Waals surface area contributed by atoms with Gasteiger partial charge in [-0.3, -0.25) is 14.6 Å². The van der Waals surface area contributed by atoms with E-state index >= 15 is 0 Å². The minimum atomic E-state index is -0.524. The van der Waals surface area contributed by atoms with Crippen LogP contribution < -0.4 is 11.2 Å². The number of amides is 1. The molecule has 7 heteroatoms. The highest BCUT2D eigenvalue weighted by Gasteiger charge is 2.21. The lowest BCUT2D eigenvalue weighted by atomic mass is 10.1. The number of carbonyl (C=O) groups is 1. The largest absolute Gasteiger partial charge is 0.375 e. The van der Waals surface area contributed by atoms with Crippen molar-refractivity contribution in [1.29, 1.82) is 0 Å². The number of hydrogen-bond donors (Lipinski definition) is 2. The predicted molar refractivity (Wildman–Crippen MR) is 72.7 cm³/mol. The Bertz CT molecular complexity index is 604. The average molecular weight is 281 g/mol. The number of aromatic nitrogens is 2. The van der Waals surface area contributed by atoms with Gasteiger partial charge in [0.05, 0.1) is 12.7 Å². The summed E-state index contributed by atoms with van der Waals surface area (Å²) in [5, 5.41) is 0. The molecule has 0 radical (unpaired) electrons. The molecule has 0 spiro atoms. The molecule has 1 aliphatic heterocycles. The number of carbonyl (C=O) groups excluding carboxylic acids is 1. The number of rotatable bonds is 3. The van der Waals surface area contributed by atoms with Crippen molar-refractivity contribution >= 4 is 5.91 Å². The molecule has 2 heterocycles. The lowest BCUT2D eigenvalue weighted by molar-refractivity contribution is -0.138. The molecule has 1 atom stereocenters. The summed E-state index contributed by atoms with van der Waals surface area (Å²) in [6.45, 7) is 5.30. The van der Waals surface area contributed by atoms with E-state index in [0.717, 1.165) is 0 Å². The third-order valence-corrected chi connectivity index (χ3v) is 3.44. The third kappa shape index (κ3) is 3.36. The van der Waals surface area contributed by atoms with Gasteiger partial charge in [0.15, 0.2) is 0 Å².